The topological polar surface area (TPSA) is 263 Å². The second kappa shape index (κ2) is 33.5. The predicted octanol–water partition coefficient (Wildman–Crippen LogP) is -0.516. The van der Waals surface area contributed by atoms with E-state index in [2.05, 4.69) is 21.9 Å². The molecule has 2 aliphatic rings. The molecule has 356 valence electrons. The number of nitrogens with one attached hydrogen (secondary N) is 1. The van der Waals surface area contributed by atoms with Crippen LogP contribution in [-0.4, -0.2) is 133 Å². The number of alkyl halides is 1. The molecule has 2 fully saturated rings. The molecule has 2 saturated heterocycles. The molecule has 25 heteroatoms. The van der Waals surface area contributed by atoms with Gasteiger partial charge in [-0.25, -0.2) is 23.6 Å². The van der Waals surface area contributed by atoms with Crippen molar-refractivity contribution in [3.63, 3.8) is 0 Å². The van der Waals surface area contributed by atoms with E-state index in [0.29, 0.717) is 31.4 Å². The summed E-state index contributed by atoms with van der Waals surface area (Å²) in [4.78, 5) is 84.4. The molecule has 2 aromatic carbocycles. The molecule has 0 saturated carbocycles. The van der Waals surface area contributed by atoms with Gasteiger partial charge in [0.25, 0.3) is 17.8 Å². The predicted molar refractivity (Wildman–Crippen MR) is 223 cm³/mol. The summed E-state index contributed by atoms with van der Waals surface area (Å²) in [6.07, 6.45) is -0.569. The smallest absolute Gasteiger partial charge is 1.00 e. The average Bonchev–Trinajstić information content (AvgIpc) is 3.20. The maximum atomic E-state index is 12.8. The molecule has 21 nitrogen and oxygen atoms in total. The number of ether oxygens (including phenoxy) is 4. The van der Waals surface area contributed by atoms with Crippen molar-refractivity contribution in [1.82, 2.24) is 15.1 Å². The Morgan fingerprint density at radius 2 is 1.26 bits per heavy atom. The molecule has 0 aliphatic carbocycles. The van der Waals surface area contributed by atoms with Crippen LogP contribution >= 0.6 is 0 Å². The summed E-state index contributed by atoms with van der Waals surface area (Å²) >= 11 is 0. The van der Waals surface area contributed by atoms with Crippen molar-refractivity contribution in [2.24, 2.45) is 0 Å². The summed E-state index contributed by atoms with van der Waals surface area (Å²) in [5.74, 6) is -2.34. The minimum Gasteiger partial charge on any atom is -1.00 e. The number of benzene rings is 2. The molecule has 1 N–H and O–H groups in total. The molecule has 2 heterocycles. The fraction of sp³-hybridized carbons (Fsp3) is 0.575. The van der Waals surface area contributed by atoms with Crippen LogP contribution in [-0.2, 0) is 28.6 Å². The second-order valence-electron chi connectivity index (χ2n) is 15.3. The largest absolute Gasteiger partial charge is 1.00 e. The van der Waals surface area contributed by atoms with Crippen LogP contribution < -0.4 is 118 Å². The molecule has 0 bridgehead atoms. The van der Waals surface area contributed by atoms with Gasteiger partial charge in [-0.1, -0.05) is 0 Å². The number of carbonyl (C=O) groups excluding carboxylic acids is 5. The van der Waals surface area contributed by atoms with Crippen LogP contribution in [0.5, 0.6) is 0 Å². The number of nitrogens with zero attached hydrogens (tertiary/aromatic N) is 5. The zero-order valence-electron chi connectivity index (χ0n) is 41.2. The van der Waals surface area contributed by atoms with Gasteiger partial charge in [0, 0.05) is 69.2 Å². The number of hydrogen-bond acceptors (Lipinski definition) is 17. The van der Waals surface area contributed by atoms with E-state index in [1.54, 1.807) is 29.7 Å². The summed E-state index contributed by atoms with van der Waals surface area (Å²) in [5, 5.41) is 33.5. The molecule has 0 aromatic heterocycles. The van der Waals surface area contributed by atoms with Gasteiger partial charge in [-0.2, -0.15) is 0 Å². The Hall–Kier alpha value is -2.96. The summed E-state index contributed by atoms with van der Waals surface area (Å²) in [6, 6.07) is 7.35. The fourth-order valence-corrected chi connectivity index (χ4v) is 5.53. The van der Waals surface area contributed by atoms with Crippen LogP contribution in [0.1, 0.15) is 92.8 Å². The van der Waals surface area contributed by atoms with Crippen molar-refractivity contribution in [2.75, 3.05) is 64.5 Å². The standard InChI is InChI=1S/C19H27N3O6.C10H20N2O2.C9H8FNO4.CH3F.CH2O3.2K.H/c1-6-27-17(23)15-11-14(7-8-16(15)22(25)26)21-10-9-20(12-13(21)2)18(24)28-19(3,4)5;1-8-7-12(6-5-11-8)9(13)14-10(2,3)4;1-2-15-9(12)7-5-6(10)3-4-8(7)11(13)14;1-2;2-1-4-3;;;/h7-8,11,13H,6,9-10,12H2,1-5H3;8,11H,5-7H2,1-4H3;3-5H,2H2,1H3;1H3;1,3H;;;/q;;;;;2*+1;-1/p-1/t13-;8-;;;;;;/m11....../s1/i;;;1D;;;;. The van der Waals surface area contributed by atoms with Gasteiger partial charge < -0.3 is 50.5 Å². The Morgan fingerprint density at radius 3 is 1.65 bits per heavy atom. The summed E-state index contributed by atoms with van der Waals surface area (Å²) in [5.41, 5.74) is -1.50. The minimum atomic E-state index is -1.00. The van der Waals surface area contributed by atoms with Crippen molar-refractivity contribution in [2.45, 2.75) is 92.5 Å². The van der Waals surface area contributed by atoms with Gasteiger partial charge in [-0.3, -0.25) is 29.4 Å². The number of halogens is 2. The average molecular weight is 982 g/mol. The van der Waals surface area contributed by atoms with Gasteiger partial charge in [0.15, 0.2) is 0 Å². The van der Waals surface area contributed by atoms with Crippen LogP contribution in [0.15, 0.2) is 36.4 Å². The van der Waals surface area contributed by atoms with Crippen LogP contribution in [0.2, 0.25) is 0 Å². The molecule has 2 atom stereocenters. The van der Waals surface area contributed by atoms with Gasteiger partial charge in [-0.15, -0.1) is 0 Å². The van der Waals surface area contributed by atoms with Gasteiger partial charge in [0.2, 0.25) is 0 Å². The maximum Gasteiger partial charge on any atom is 1.00 e. The normalized spacial score (nSPS) is 15.3. The van der Waals surface area contributed by atoms with Crippen molar-refractivity contribution >= 4 is 47.7 Å². The molecule has 0 radical (unpaired) electrons. The van der Waals surface area contributed by atoms with E-state index in [1.807, 2.05) is 53.4 Å². The molecule has 2 aromatic rings. The van der Waals surface area contributed by atoms with E-state index in [0.717, 1.165) is 37.8 Å². The number of hydrogen-bond donors (Lipinski definition) is 1. The number of piperazine rings is 2. The minimum absolute atomic E-state index is 0. The third kappa shape index (κ3) is 25.7. The zero-order chi connectivity index (χ0) is 49.4. The third-order valence-corrected chi connectivity index (χ3v) is 7.99. The number of carbonyl (C=O) groups is 5. The summed E-state index contributed by atoms with van der Waals surface area (Å²) in [6.45, 7) is 22.1. The molecular formula is C40H60F2K2N6O15. The van der Waals surface area contributed by atoms with E-state index >= 15 is 0 Å². The van der Waals surface area contributed by atoms with Gasteiger partial charge in [-0.05, 0) is 93.5 Å². The number of nitro groups is 2. The monoisotopic (exact) mass is 981 g/mol. The van der Waals surface area contributed by atoms with Gasteiger partial charge >= 0.3 is 127 Å². The Morgan fingerprint density at radius 1 is 0.831 bits per heavy atom. The Kier molecular flexibility index (Phi) is 33.1. The molecule has 65 heavy (non-hydrogen) atoms. The molecule has 0 unspecified atom stereocenters. The maximum absolute atomic E-state index is 12.8. The number of anilines is 1. The Bertz CT molecular complexity index is 1870. The summed E-state index contributed by atoms with van der Waals surface area (Å²) in [7, 11) is -1.00. The number of esters is 2. The first kappa shape index (κ1) is 64.1. The van der Waals surface area contributed by atoms with Crippen molar-refractivity contribution in [1.29, 1.82) is 0 Å². The zero-order valence-corrected chi connectivity index (χ0v) is 45.4. The van der Waals surface area contributed by atoms with Crippen LogP contribution in [0, 0.1) is 26.0 Å². The molecule has 0 spiro atoms. The van der Waals surface area contributed by atoms with E-state index in [1.165, 1.54) is 12.1 Å². The van der Waals surface area contributed by atoms with Crippen LogP contribution in [0.25, 0.3) is 0 Å². The summed E-state index contributed by atoms with van der Waals surface area (Å²) < 4.78 is 48.5. The van der Waals surface area contributed by atoms with E-state index in [9.17, 15) is 48.2 Å². The van der Waals surface area contributed by atoms with Crippen molar-refractivity contribution < 1.29 is 177 Å². The molecule has 4 rings (SSSR count). The van der Waals surface area contributed by atoms with E-state index in [4.69, 9.17) is 25.6 Å². The molecular weight excluding hydrogens is 921 g/mol. The second-order valence-corrected chi connectivity index (χ2v) is 15.3. The van der Waals surface area contributed by atoms with E-state index < -0.39 is 51.6 Å². The Labute approximate surface area is 465 Å². The number of rotatable bonds is 8. The number of amides is 2. The van der Waals surface area contributed by atoms with Gasteiger partial charge in [0.1, 0.15) is 28.1 Å². The molecule has 2 aliphatic heterocycles. The molecule has 2 amide bonds. The van der Waals surface area contributed by atoms with Crippen molar-refractivity contribution in [3.8, 4) is 0 Å². The quantitative estimate of drug-likeness (QED) is 0.0664. The first-order valence-electron chi connectivity index (χ1n) is 20.1. The van der Waals surface area contributed by atoms with Crippen LogP contribution in [0.4, 0.5) is 35.4 Å². The fourth-order valence-electron chi connectivity index (χ4n) is 5.53. The first-order chi connectivity index (χ1) is 29.8. The van der Waals surface area contributed by atoms with E-state index in [-0.39, 0.29) is 159 Å². The van der Waals surface area contributed by atoms with Crippen LogP contribution in [0.3, 0.4) is 0 Å². The SMILES string of the molecule is CCOC(=O)c1cc(F)ccc1[N+](=O)[O-].CCOC(=O)c1cc(N2CCN(C(=O)OC(C)(C)C)C[C@H]2C)ccc1[N+](=O)[O-].C[C@@H]1CN(C(=O)OC(C)(C)C)CCN1.O=CO[O-].[2H]CF.[H-].[K+].[K+]. The van der Waals surface area contributed by atoms with Gasteiger partial charge in [0.05, 0.1) is 31.6 Å². The number of nitro benzene ring substituents is 2. The Balaban J connectivity index is -0.000000433. The first-order valence-corrected chi connectivity index (χ1v) is 19.4. The van der Waals surface area contributed by atoms with Crippen molar-refractivity contribution in [3.05, 3.63) is 73.6 Å². The third-order valence-electron chi connectivity index (χ3n) is 7.99.